The van der Waals surface area contributed by atoms with Crippen molar-refractivity contribution >= 4 is 19.7 Å². The first-order valence-electron chi connectivity index (χ1n) is 33.3. The molecule has 79 heavy (non-hydrogen) atoms. The van der Waals surface area contributed by atoms with Crippen LogP contribution in [0.25, 0.3) is 0 Å². The minimum atomic E-state index is -4.46. The predicted molar refractivity (Wildman–Crippen MR) is 341 cm³/mol. The minimum absolute atomic E-state index is 0.0289. The van der Waals surface area contributed by atoms with E-state index < -0.39 is 20.0 Å². The average Bonchev–Trinajstić information content (AvgIpc) is 3.41. The maximum Gasteiger partial charge on any atom is 0.472 e. The van der Waals surface area contributed by atoms with E-state index in [-0.39, 0.29) is 37.9 Å². The van der Waals surface area contributed by atoms with Crippen molar-refractivity contribution in [2.24, 2.45) is 0 Å². The summed E-state index contributed by atoms with van der Waals surface area (Å²) in [6, 6.07) is -0.878. The average molecular weight is 1130 g/mol. The molecule has 0 radical (unpaired) electrons. The third-order valence-electron chi connectivity index (χ3n) is 14.6. The van der Waals surface area contributed by atoms with Gasteiger partial charge in [-0.1, -0.05) is 267 Å². The maximum atomic E-state index is 13.5. The molecule has 9 nitrogen and oxygen atoms in total. The number of unbranched alkanes of at least 4 members (excludes halogenated alkanes) is 34. The van der Waals surface area contributed by atoms with Crippen LogP contribution in [0, 0.1) is 0 Å². The fraction of sp³-hybridized carbons (Fsp3) is 0.797. The van der Waals surface area contributed by atoms with E-state index in [2.05, 4.69) is 86.8 Å². The van der Waals surface area contributed by atoms with Gasteiger partial charge in [-0.3, -0.25) is 18.6 Å². The van der Waals surface area contributed by atoms with E-state index in [0.717, 1.165) is 64.2 Å². The van der Waals surface area contributed by atoms with E-state index in [9.17, 15) is 19.0 Å². The summed E-state index contributed by atoms with van der Waals surface area (Å²) in [4.78, 5) is 37.7. The van der Waals surface area contributed by atoms with Crippen LogP contribution in [0.3, 0.4) is 0 Å². The molecule has 0 aromatic heterocycles. The maximum absolute atomic E-state index is 13.5. The second-order valence-corrected chi connectivity index (χ2v) is 25.1. The molecule has 0 bridgehead atoms. The number of nitrogens with zero attached hydrogens (tertiary/aromatic N) is 1. The topological polar surface area (TPSA) is 111 Å². The van der Waals surface area contributed by atoms with Gasteiger partial charge in [-0.2, -0.15) is 0 Å². The summed E-state index contributed by atoms with van der Waals surface area (Å²) in [6.45, 7) is 6.95. The zero-order valence-corrected chi connectivity index (χ0v) is 53.5. The van der Waals surface area contributed by atoms with Gasteiger partial charge in [0.1, 0.15) is 19.3 Å². The Morgan fingerprint density at radius 1 is 0.443 bits per heavy atom. The molecule has 460 valence electrons. The van der Waals surface area contributed by atoms with Gasteiger partial charge in [-0.15, -0.1) is 0 Å². The zero-order chi connectivity index (χ0) is 57.9. The second kappa shape index (κ2) is 58.6. The molecular weight excluding hydrogens is 1000 g/mol. The molecular formula is C69H128N2O7P+. The number of hydrogen-bond donors (Lipinski definition) is 2. The first kappa shape index (κ1) is 76.5. The zero-order valence-electron chi connectivity index (χ0n) is 52.6. The Kier molecular flexibility index (Phi) is 56.7. The molecule has 2 N–H and O–H groups in total. The first-order valence-corrected chi connectivity index (χ1v) is 34.8. The number of rotatable bonds is 60. The molecule has 0 heterocycles. The number of esters is 1. The normalized spacial score (nSPS) is 14.1. The summed E-state index contributed by atoms with van der Waals surface area (Å²) in [5.74, 6) is -0.565. The number of hydrogen-bond acceptors (Lipinski definition) is 6. The smallest absolute Gasteiger partial charge is 0.456 e. The van der Waals surface area contributed by atoms with Crippen molar-refractivity contribution in [3.8, 4) is 0 Å². The molecule has 0 saturated heterocycles. The number of likely N-dealkylation sites (N-methyl/N-ethyl adjacent to an activating group) is 1. The van der Waals surface area contributed by atoms with E-state index in [1.165, 1.54) is 199 Å². The summed E-state index contributed by atoms with van der Waals surface area (Å²) in [7, 11) is 1.46. The number of phosphoric acid groups is 1. The van der Waals surface area contributed by atoms with Crippen LogP contribution in [0.1, 0.15) is 303 Å². The minimum Gasteiger partial charge on any atom is -0.456 e. The van der Waals surface area contributed by atoms with Gasteiger partial charge in [0.25, 0.3) is 0 Å². The molecule has 3 atom stereocenters. The van der Waals surface area contributed by atoms with E-state index in [4.69, 9.17) is 13.8 Å². The van der Waals surface area contributed by atoms with Gasteiger partial charge in [-0.05, 0) is 96.0 Å². The van der Waals surface area contributed by atoms with Crippen LogP contribution in [0.15, 0.2) is 72.9 Å². The van der Waals surface area contributed by atoms with Crippen molar-refractivity contribution in [2.45, 2.75) is 315 Å². The number of carbonyl (C=O) groups is 2. The highest BCUT2D eigenvalue weighted by molar-refractivity contribution is 7.47. The van der Waals surface area contributed by atoms with Crippen molar-refractivity contribution in [2.75, 3.05) is 40.9 Å². The first-order chi connectivity index (χ1) is 38.4. The largest absolute Gasteiger partial charge is 0.472 e. The summed E-state index contributed by atoms with van der Waals surface area (Å²) >= 11 is 0. The lowest BCUT2D eigenvalue weighted by Gasteiger charge is -2.27. The van der Waals surface area contributed by atoms with Gasteiger partial charge >= 0.3 is 13.8 Å². The molecule has 0 aliphatic carbocycles. The van der Waals surface area contributed by atoms with Gasteiger partial charge in [0, 0.05) is 12.8 Å². The summed E-state index contributed by atoms with van der Waals surface area (Å²) in [6.07, 6.45) is 76.4. The van der Waals surface area contributed by atoms with Crippen LogP contribution in [0.5, 0.6) is 0 Å². The Bertz CT molecular complexity index is 1580. The van der Waals surface area contributed by atoms with Gasteiger partial charge < -0.3 is 19.4 Å². The lowest BCUT2D eigenvalue weighted by molar-refractivity contribution is -0.870. The van der Waals surface area contributed by atoms with Crippen molar-refractivity contribution in [3.05, 3.63) is 72.9 Å². The molecule has 0 aliphatic heterocycles. The Labute approximate surface area is 489 Å². The third kappa shape index (κ3) is 59.9. The lowest BCUT2D eigenvalue weighted by Crippen LogP contribution is -2.47. The van der Waals surface area contributed by atoms with E-state index in [1.807, 2.05) is 33.3 Å². The Morgan fingerprint density at radius 3 is 1.22 bits per heavy atom. The predicted octanol–water partition coefficient (Wildman–Crippen LogP) is 20.8. The summed E-state index contributed by atoms with van der Waals surface area (Å²) in [5.41, 5.74) is 0. The highest BCUT2D eigenvalue weighted by atomic mass is 31.2. The van der Waals surface area contributed by atoms with Crippen LogP contribution >= 0.6 is 7.82 Å². The number of phosphoric ester groups is 1. The molecule has 0 aliphatic rings. The fourth-order valence-corrected chi connectivity index (χ4v) is 10.2. The van der Waals surface area contributed by atoms with Crippen molar-refractivity contribution < 1.29 is 37.3 Å². The van der Waals surface area contributed by atoms with Crippen LogP contribution in [0.2, 0.25) is 0 Å². The molecule has 0 saturated carbocycles. The SMILES string of the molecule is CCCCC/C=C\C/C=C\C/C=C\C/C=C\CCCC(=O)NC(COP(=O)(O)OCC[N+](C)(C)C)C(/C=C\CCCCCCCCCCC)OC(=O)CCCCCCCCCCCCCCCCC/C=C/CCCCCCCC. The highest BCUT2D eigenvalue weighted by Crippen LogP contribution is 2.43. The Morgan fingerprint density at radius 2 is 0.785 bits per heavy atom. The van der Waals surface area contributed by atoms with Crippen molar-refractivity contribution in [3.63, 3.8) is 0 Å². The molecule has 0 spiro atoms. The fourth-order valence-electron chi connectivity index (χ4n) is 9.46. The molecule has 0 fully saturated rings. The van der Waals surface area contributed by atoms with Crippen molar-refractivity contribution in [1.82, 2.24) is 5.32 Å². The van der Waals surface area contributed by atoms with Crippen LogP contribution in [0.4, 0.5) is 0 Å². The Hall–Kier alpha value is -2.55. The number of ether oxygens (including phenoxy) is 1. The van der Waals surface area contributed by atoms with Gasteiger partial charge in [0.05, 0.1) is 33.8 Å². The quantitative estimate of drug-likeness (QED) is 0.0205. The Balaban J connectivity index is 5.12. The lowest BCUT2D eigenvalue weighted by atomic mass is 10.0. The van der Waals surface area contributed by atoms with Crippen LogP contribution in [-0.2, 0) is 27.9 Å². The summed E-state index contributed by atoms with van der Waals surface area (Å²) < 4.78 is 30.7. The van der Waals surface area contributed by atoms with E-state index in [0.29, 0.717) is 17.4 Å². The molecule has 0 aromatic carbocycles. The molecule has 3 unspecified atom stereocenters. The number of amides is 1. The van der Waals surface area contributed by atoms with Gasteiger partial charge in [0.15, 0.2) is 0 Å². The second-order valence-electron chi connectivity index (χ2n) is 23.6. The molecule has 0 aromatic rings. The number of allylic oxidation sites excluding steroid dienone is 11. The molecule has 0 rings (SSSR count). The molecule has 10 heteroatoms. The third-order valence-corrected chi connectivity index (χ3v) is 15.6. The molecule has 1 amide bonds. The highest BCUT2D eigenvalue weighted by Gasteiger charge is 2.30. The number of nitrogens with one attached hydrogen (secondary N) is 1. The summed E-state index contributed by atoms with van der Waals surface area (Å²) in [5, 5.41) is 3.02. The monoisotopic (exact) mass is 1130 g/mol. The number of quaternary nitrogens is 1. The number of carbonyl (C=O) groups excluding carboxylic acids is 2. The van der Waals surface area contributed by atoms with Crippen LogP contribution < -0.4 is 5.32 Å². The van der Waals surface area contributed by atoms with E-state index >= 15 is 0 Å². The van der Waals surface area contributed by atoms with Crippen LogP contribution in [-0.4, -0.2) is 74.3 Å². The van der Waals surface area contributed by atoms with Gasteiger partial charge in [-0.25, -0.2) is 4.57 Å². The standard InChI is InChI=1S/C69H127N2O7P/c1-7-10-13-16-19-22-25-27-29-31-32-33-34-35-36-37-38-40-42-44-47-50-53-56-59-62-69(73)78-67(60-57-54-51-48-45-24-21-18-15-12-9-3)66(65-77-79(74,75)76-64-63-71(4,5)6)70-68(72)61-58-55-52-49-46-43-41-39-30-28-26-23-20-17-14-11-8-2/h20,23,27-30,41,43,49,52,57,60,66-67H,7-19,21-22,24-26,31-40,42,44-48,50-51,53-56,58-59,61-65H2,1-6H3,(H-,70,72,74,75)/p+1/b23-20-,29-27+,30-28-,43-41-,52-49-,60-57-. The van der Waals surface area contributed by atoms with E-state index in [1.54, 1.807) is 0 Å². The van der Waals surface area contributed by atoms with Crippen molar-refractivity contribution in [1.29, 1.82) is 0 Å². The van der Waals surface area contributed by atoms with Gasteiger partial charge in [0.2, 0.25) is 5.91 Å².